The first-order valence-electron chi connectivity index (χ1n) is 5.81. The third kappa shape index (κ3) is 3.46. The fourth-order valence-electron chi connectivity index (χ4n) is 1.87. The summed E-state index contributed by atoms with van der Waals surface area (Å²) in [4.78, 5) is 0. The van der Waals surface area contributed by atoms with Crippen molar-refractivity contribution in [3.8, 4) is 0 Å². The van der Waals surface area contributed by atoms with Gasteiger partial charge in [0.1, 0.15) is 0 Å². The van der Waals surface area contributed by atoms with Crippen molar-refractivity contribution in [2.24, 2.45) is 0 Å². The van der Waals surface area contributed by atoms with Gasteiger partial charge >= 0.3 is 0 Å². The Hall–Kier alpha value is -1.12. The molecule has 2 aromatic rings. The molecule has 0 nitrogen and oxygen atoms in total. The number of halogens is 4. The maximum atomic E-state index is 13.1. The molecule has 0 aliphatic rings. The van der Waals surface area contributed by atoms with E-state index in [4.69, 9.17) is 23.2 Å². The topological polar surface area (TPSA) is 0 Å². The van der Waals surface area contributed by atoms with E-state index in [1.807, 2.05) is 25.1 Å². The van der Waals surface area contributed by atoms with Gasteiger partial charge in [0.15, 0.2) is 11.6 Å². The predicted molar refractivity (Wildman–Crippen MR) is 74.8 cm³/mol. The van der Waals surface area contributed by atoms with Crippen LogP contribution in [0.1, 0.15) is 22.1 Å². The highest BCUT2D eigenvalue weighted by Gasteiger charge is 2.14. The Morgan fingerprint density at radius 2 is 1.79 bits per heavy atom. The second-order valence-electron chi connectivity index (χ2n) is 4.45. The van der Waals surface area contributed by atoms with Crippen molar-refractivity contribution in [2.45, 2.75) is 18.7 Å². The van der Waals surface area contributed by atoms with E-state index in [0.717, 1.165) is 23.3 Å². The first-order valence-corrected chi connectivity index (χ1v) is 6.63. The van der Waals surface area contributed by atoms with Crippen LogP contribution >= 0.6 is 23.2 Å². The van der Waals surface area contributed by atoms with Gasteiger partial charge in [0.2, 0.25) is 0 Å². The fraction of sp³-hybridized carbons (Fsp3) is 0.200. The van der Waals surface area contributed by atoms with Crippen LogP contribution in [0.2, 0.25) is 5.02 Å². The first-order chi connectivity index (χ1) is 8.97. The molecule has 0 fully saturated rings. The third-order valence-corrected chi connectivity index (χ3v) is 3.61. The molecule has 2 aromatic carbocycles. The van der Waals surface area contributed by atoms with Gasteiger partial charge in [-0.05, 0) is 48.2 Å². The van der Waals surface area contributed by atoms with Crippen molar-refractivity contribution < 1.29 is 8.78 Å². The molecule has 1 atom stereocenters. The van der Waals surface area contributed by atoms with Gasteiger partial charge in [-0.15, -0.1) is 11.6 Å². The molecule has 0 bridgehead atoms. The lowest BCUT2D eigenvalue weighted by Gasteiger charge is -2.12. The Bertz CT molecular complexity index is 597. The van der Waals surface area contributed by atoms with E-state index >= 15 is 0 Å². The van der Waals surface area contributed by atoms with E-state index in [1.54, 1.807) is 0 Å². The Morgan fingerprint density at radius 1 is 1.05 bits per heavy atom. The van der Waals surface area contributed by atoms with Crippen molar-refractivity contribution in [1.29, 1.82) is 0 Å². The number of hydrogen-bond acceptors (Lipinski definition) is 0. The van der Waals surface area contributed by atoms with Crippen LogP contribution in [0.3, 0.4) is 0 Å². The van der Waals surface area contributed by atoms with Gasteiger partial charge < -0.3 is 0 Å². The van der Waals surface area contributed by atoms with Gasteiger partial charge in [-0.2, -0.15) is 0 Å². The molecule has 0 aliphatic carbocycles. The van der Waals surface area contributed by atoms with Crippen LogP contribution < -0.4 is 0 Å². The normalized spacial score (nSPS) is 12.5. The Labute approximate surface area is 121 Å². The Kier molecular flexibility index (Phi) is 4.43. The summed E-state index contributed by atoms with van der Waals surface area (Å²) in [5, 5.41) is 0.209. The molecular formula is C15H12Cl2F2. The average Bonchev–Trinajstić information content (AvgIpc) is 2.33. The molecule has 0 saturated heterocycles. The van der Waals surface area contributed by atoms with Crippen LogP contribution in [-0.4, -0.2) is 0 Å². The smallest absolute Gasteiger partial charge is 0.159 e. The van der Waals surface area contributed by atoms with E-state index in [-0.39, 0.29) is 5.38 Å². The number of rotatable bonds is 3. The monoisotopic (exact) mass is 300 g/mol. The van der Waals surface area contributed by atoms with Crippen molar-refractivity contribution in [3.05, 3.63) is 69.7 Å². The number of alkyl halides is 1. The molecule has 0 heterocycles. The highest BCUT2D eigenvalue weighted by atomic mass is 35.5. The summed E-state index contributed by atoms with van der Waals surface area (Å²) in [6.07, 6.45) is 0.390. The van der Waals surface area contributed by atoms with Crippen molar-refractivity contribution in [1.82, 2.24) is 0 Å². The molecule has 19 heavy (non-hydrogen) atoms. The van der Waals surface area contributed by atoms with Gasteiger partial charge in [0.25, 0.3) is 0 Å². The van der Waals surface area contributed by atoms with Crippen LogP contribution in [0, 0.1) is 18.6 Å². The van der Waals surface area contributed by atoms with E-state index in [0.29, 0.717) is 17.0 Å². The zero-order chi connectivity index (χ0) is 14.0. The zero-order valence-corrected chi connectivity index (χ0v) is 11.8. The number of benzene rings is 2. The molecule has 0 aromatic heterocycles. The van der Waals surface area contributed by atoms with E-state index < -0.39 is 11.6 Å². The fourth-order valence-corrected chi connectivity index (χ4v) is 2.66. The molecule has 0 saturated carbocycles. The predicted octanol–water partition coefficient (Wildman–Crippen LogP) is 5.45. The van der Waals surface area contributed by atoms with Crippen LogP contribution in [-0.2, 0) is 6.42 Å². The molecule has 0 spiro atoms. The average molecular weight is 301 g/mol. The molecule has 0 aliphatic heterocycles. The minimum Gasteiger partial charge on any atom is -0.204 e. The minimum absolute atomic E-state index is 0.377. The van der Waals surface area contributed by atoms with E-state index in [9.17, 15) is 8.78 Å². The summed E-state index contributed by atoms with van der Waals surface area (Å²) in [5.41, 5.74) is 2.47. The summed E-state index contributed by atoms with van der Waals surface area (Å²) in [6, 6.07) is 9.39. The van der Waals surface area contributed by atoms with Crippen LogP contribution in [0.25, 0.3) is 0 Å². The van der Waals surface area contributed by atoms with Gasteiger partial charge in [0.05, 0.1) is 5.38 Å². The largest absolute Gasteiger partial charge is 0.204 e. The second kappa shape index (κ2) is 5.89. The van der Waals surface area contributed by atoms with Crippen LogP contribution in [0.15, 0.2) is 36.4 Å². The molecular weight excluding hydrogens is 289 g/mol. The number of aryl methyl sites for hydroxylation is 1. The molecule has 100 valence electrons. The van der Waals surface area contributed by atoms with Gasteiger partial charge in [-0.25, -0.2) is 8.78 Å². The van der Waals surface area contributed by atoms with E-state index in [1.165, 1.54) is 6.07 Å². The molecule has 4 heteroatoms. The van der Waals surface area contributed by atoms with Gasteiger partial charge in [-0.3, -0.25) is 0 Å². The summed E-state index contributed by atoms with van der Waals surface area (Å²) >= 11 is 12.4. The zero-order valence-electron chi connectivity index (χ0n) is 10.3. The van der Waals surface area contributed by atoms with Crippen molar-refractivity contribution in [2.75, 3.05) is 0 Å². The SMILES string of the molecule is Cc1ccc(C(Cl)Cc2ccc(F)c(F)c2)c(Cl)c1. The maximum absolute atomic E-state index is 13.1. The van der Waals surface area contributed by atoms with Gasteiger partial charge in [0, 0.05) is 5.02 Å². The summed E-state index contributed by atoms with van der Waals surface area (Å²) < 4.78 is 26.0. The summed E-state index contributed by atoms with van der Waals surface area (Å²) in [5.74, 6) is -1.72. The molecule has 0 N–H and O–H groups in total. The lowest BCUT2D eigenvalue weighted by atomic mass is 10.0. The van der Waals surface area contributed by atoms with Gasteiger partial charge in [-0.1, -0.05) is 29.8 Å². The number of hydrogen-bond donors (Lipinski definition) is 0. The molecule has 1 unspecified atom stereocenters. The van der Waals surface area contributed by atoms with Crippen LogP contribution in [0.5, 0.6) is 0 Å². The highest BCUT2D eigenvalue weighted by molar-refractivity contribution is 6.32. The minimum atomic E-state index is -0.864. The Morgan fingerprint density at radius 3 is 2.42 bits per heavy atom. The van der Waals surface area contributed by atoms with Crippen molar-refractivity contribution in [3.63, 3.8) is 0 Å². The lowest BCUT2D eigenvalue weighted by molar-refractivity contribution is 0.507. The Balaban J connectivity index is 2.20. The highest BCUT2D eigenvalue weighted by Crippen LogP contribution is 2.31. The lowest BCUT2D eigenvalue weighted by Crippen LogP contribution is -1.98. The summed E-state index contributed by atoms with van der Waals surface area (Å²) in [7, 11) is 0. The maximum Gasteiger partial charge on any atom is 0.159 e. The third-order valence-electron chi connectivity index (χ3n) is 2.89. The molecule has 0 radical (unpaired) electrons. The van der Waals surface area contributed by atoms with E-state index in [2.05, 4.69) is 0 Å². The molecule has 0 amide bonds. The van der Waals surface area contributed by atoms with Crippen LogP contribution in [0.4, 0.5) is 8.78 Å². The second-order valence-corrected chi connectivity index (χ2v) is 5.38. The summed E-state index contributed by atoms with van der Waals surface area (Å²) in [6.45, 7) is 1.94. The molecule has 2 rings (SSSR count). The van der Waals surface area contributed by atoms with Crippen molar-refractivity contribution >= 4 is 23.2 Å². The standard InChI is InChI=1S/C15H12Cl2F2/c1-9-2-4-11(12(16)6-9)13(17)7-10-3-5-14(18)15(19)8-10/h2-6,8,13H,7H2,1H3. The quantitative estimate of drug-likeness (QED) is 0.661. The first kappa shape index (κ1) is 14.3.